The minimum Gasteiger partial charge on any atom is -0.361 e. The summed E-state index contributed by atoms with van der Waals surface area (Å²) in [5, 5.41) is 3.98. The van der Waals surface area contributed by atoms with E-state index < -0.39 is 10.0 Å². The van der Waals surface area contributed by atoms with Crippen LogP contribution in [-0.2, 0) is 16.6 Å². The van der Waals surface area contributed by atoms with Crippen LogP contribution in [0.5, 0.6) is 0 Å². The monoisotopic (exact) mass is 434 g/mol. The third-order valence-electron chi connectivity index (χ3n) is 5.68. The van der Waals surface area contributed by atoms with Gasteiger partial charge in [0, 0.05) is 56.9 Å². The van der Waals surface area contributed by atoms with E-state index in [1.165, 1.54) is 16.4 Å². The van der Waals surface area contributed by atoms with Gasteiger partial charge in [0.1, 0.15) is 5.76 Å². The summed E-state index contributed by atoms with van der Waals surface area (Å²) in [5.41, 5.74) is 2.45. The molecule has 30 heavy (non-hydrogen) atoms. The lowest BCUT2D eigenvalue weighted by Gasteiger charge is -2.33. The van der Waals surface area contributed by atoms with Crippen LogP contribution in [-0.4, -0.2) is 72.9 Å². The zero-order chi connectivity index (χ0) is 21.9. The standard InChI is InChI=1S/C21H30N4O4S/c1-5-24(6-2)21(26)18-7-9-19(10-8-18)30(27,28)25-13-11-23(12-14-25)15-20-16(3)22-29-17(20)4/h7-10H,5-6,11-15H2,1-4H3. The molecule has 3 rings (SSSR count). The van der Waals surface area contributed by atoms with Crippen LogP contribution in [0.2, 0.25) is 0 Å². The number of nitrogens with zero attached hydrogens (tertiary/aromatic N) is 4. The number of carbonyl (C=O) groups excluding carboxylic acids is 1. The van der Waals surface area contributed by atoms with E-state index in [-0.39, 0.29) is 10.8 Å². The van der Waals surface area contributed by atoms with Gasteiger partial charge in [-0.15, -0.1) is 0 Å². The van der Waals surface area contributed by atoms with Gasteiger partial charge >= 0.3 is 0 Å². The molecule has 0 atom stereocenters. The van der Waals surface area contributed by atoms with Crippen LogP contribution >= 0.6 is 0 Å². The van der Waals surface area contributed by atoms with Gasteiger partial charge in [0.25, 0.3) is 5.91 Å². The van der Waals surface area contributed by atoms with Crippen molar-refractivity contribution in [3.05, 3.63) is 46.8 Å². The molecular formula is C21H30N4O4S. The molecule has 0 bridgehead atoms. The first-order chi connectivity index (χ1) is 14.3. The highest BCUT2D eigenvalue weighted by atomic mass is 32.2. The highest BCUT2D eigenvalue weighted by molar-refractivity contribution is 7.89. The number of rotatable bonds is 7. The van der Waals surface area contributed by atoms with Crippen LogP contribution in [0.15, 0.2) is 33.7 Å². The lowest BCUT2D eigenvalue weighted by molar-refractivity contribution is 0.0773. The van der Waals surface area contributed by atoms with Gasteiger partial charge in [0.05, 0.1) is 10.6 Å². The maximum atomic E-state index is 13.0. The molecule has 1 fully saturated rings. The van der Waals surface area contributed by atoms with Crippen LogP contribution in [0.1, 0.15) is 41.2 Å². The third kappa shape index (κ3) is 4.58. The number of amides is 1. The van der Waals surface area contributed by atoms with Crippen LogP contribution in [0, 0.1) is 13.8 Å². The second-order valence-corrected chi connectivity index (χ2v) is 9.42. The van der Waals surface area contributed by atoms with Crippen LogP contribution in [0.25, 0.3) is 0 Å². The van der Waals surface area contributed by atoms with Gasteiger partial charge in [-0.25, -0.2) is 8.42 Å². The maximum absolute atomic E-state index is 13.0. The number of hydrogen-bond donors (Lipinski definition) is 0. The van der Waals surface area contributed by atoms with E-state index in [1.54, 1.807) is 17.0 Å². The molecular weight excluding hydrogens is 404 g/mol. The maximum Gasteiger partial charge on any atom is 0.253 e. The van der Waals surface area contributed by atoms with E-state index in [4.69, 9.17) is 4.52 Å². The molecule has 0 N–H and O–H groups in total. The fraction of sp³-hybridized carbons (Fsp3) is 0.524. The van der Waals surface area contributed by atoms with Crippen molar-refractivity contribution >= 4 is 15.9 Å². The molecule has 0 spiro atoms. The van der Waals surface area contributed by atoms with Gasteiger partial charge in [-0.2, -0.15) is 4.31 Å². The predicted molar refractivity (Wildman–Crippen MR) is 114 cm³/mol. The van der Waals surface area contributed by atoms with Crippen molar-refractivity contribution in [2.24, 2.45) is 0 Å². The molecule has 1 aromatic carbocycles. The molecule has 1 aromatic heterocycles. The normalized spacial score (nSPS) is 16.0. The zero-order valence-corrected chi connectivity index (χ0v) is 18.9. The van der Waals surface area contributed by atoms with Gasteiger partial charge in [0.2, 0.25) is 10.0 Å². The molecule has 1 amide bonds. The SMILES string of the molecule is CCN(CC)C(=O)c1ccc(S(=O)(=O)N2CCN(Cc3c(C)noc3C)CC2)cc1. The summed E-state index contributed by atoms with van der Waals surface area (Å²) in [6.07, 6.45) is 0. The second-order valence-electron chi connectivity index (χ2n) is 7.48. The van der Waals surface area contributed by atoms with E-state index in [2.05, 4.69) is 10.1 Å². The predicted octanol–water partition coefficient (Wildman–Crippen LogP) is 2.28. The Morgan fingerprint density at radius 3 is 2.17 bits per heavy atom. The molecule has 1 saturated heterocycles. The zero-order valence-electron chi connectivity index (χ0n) is 18.1. The van der Waals surface area contributed by atoms with Crippen LogP contribution < -0.4 is 0 Å². The van der Waals surface area contributed by atoms with E-state index in [1.807, 2.05) is 27.7 Å². The Kier molecular flexibility index (Phi) is 6.95. The number of aryl methyl sites for hydroxylation is 2. The fourth-order valence-electron chi connectivity index (χ4n) is 3.69. The molecule has 0 aliphatic carbocycles. The van der Waals surface area contributed by atoms with E-state index >= 15 is 0 Å². The Hall–Kier alpha value is -2.23. The molecule has 164 valence electrons. The highest BCUT2D eigenvalue weighted by Gasteiger charge is 2.29. The minimum atomic E-state index is -3.59. The third-order valence-corrected chi connectivity index (χ3v) is 7.60. The van der Waals surface area contributed by atoms with Crippen molar-refractivity contribution in [2.45, 2.75) is 39.1 Å². The summed E-state index contributed by atoms with van der Waals surface area (Å²) in [7, 11) is -3.59. The van der Waals surface area contributed by atoms with Crippen molar-refractivity contribution in [1.29, 1.82) is 0 Å². The molecule has 0 radical (unpaired) electrons. The van der Waals surface area contributed by atoms with E-state index in [0.717, 1.165) is 17.0 Å². The lowest BCUT2D eigenvalue weighted by Crippen LogP contribution is -2.48. The quantitative estimate of drug-likeness (QED) is 0.664. The first-order valence-electron chi connectivity index (χ1n) is 10.3. The number of benzene rings is 1. The van der Waals surface area contributed by atoms with Crippen molar-refractivity contribution in [3.63, 3.8) is 0 Å². The Bertz CT molecular complexity index is 953. The summed E-state index contributed by atoms with van der Waals surface area (Å²) in [6.45, 7) is 11.7. The topological polar surface area (TPSA) is 87.0 Å². The lowest BCUT2D eigenvalue weighted by atomic mass is 10.2. The smallest absolute Gasteiger partial charge is 0.253 e. The van der Waals surface area contributed by atoms with Crippen molar-refractivity contribution < 1.29 is 17.7 Å². The number of aromatic nitrogens is 1. The summed E-state index contributed by atoms with van der Waals surface area (Å²) >= 11 is 0. The van der Waals surface area contributed by atoms with Crippen LogP contribution in [0.4, 0.5) is 0 Å². The summed E-state index contributed by atoms with van der Waals surface area (Å²) in [4.78, 5) is 16.6. The number of carbonyl (C=O) groups is 1. The van der Waals surface area contributed by atoms with Gasteiger partial charge in [-0.1, -0.05) is 5.16 Å². The van der Waals surface area contributed by atoms with Crippen molar-refractivity contribution in [1.82, 2.24) is 19.3 Å². The molecule has 0 saturated carbocycles. The summed E-state index contributed by atoms with van der Waals surface area (Å²) < 4.78 is 32.8. The average molecular weight is 435 g/mol. The first kappa shape index (κ1) is 22.5. The number of sulfonamides is 1. The Morgan fingerprint density at radius 2 is 1.67 bits per heavy atom. The number of piperazine rings is 1. The van der Waals surface area contributed by atoms with E-state index in [9.17, 15) is 13.2 Å². The number of hydrogen-bond acceptors (Lipinski definition) is 6. The molecule has 0 unspecified atom stereocenters. The molecule has 2 aromatic rings. The van der Waals surface area contributed by atoms with Gasteiger partial charge in [0.15, 0.2) is 0 Å². The summed E-state index contributed by atoms with van der Waals surface area (Å²) in [6, 6.07) is 6.26. The molecule has 2 heterocycles. The van der Waals surface area contributed by atoms with E-state index in [0.29, 0.717) is 51.4 Å². The van der Waals surface area contributed by atoms with Crippen molar-refractivity contribution in [2.75, 3.05) is 39.3 Å². The molecule has 1 aliphatic rings. The Morgan fingerprint density at radius 1 is 1.07 bits per heavy atom. The molecule has 8 nitrogen and oxygen atoms in total. The minimum absolute atomic E-state index is 0.0862. The second kappa shape index (κ2) is 9.28. The van der Waals surface area contributed by atoms with Gasteiger partial charge in [-0.3, -0.25) is 9.69 Å². The fourth-order valence-corrected chi connectivity index (χ4v) is 5.11. The average Bonchev–Trinajstić information content (AvgIpc) is 3.07. The largest absolute Gasteiger partial charge is 0.361 e. The Labute approximate surface area is 178 Å². The van der Waals surface area contributed by atoms with Crippen molar-refractivity contribution in [3.8, 4) is 0 Å². The summed E-state index contributed by atoms with van der Waals surface area (Å²) in [5.74, 6) is 0.721. The highest BCUT2D eigenvalue weighted by Crippen LogP contribution is 2.21. The van der Waals surface area contributed by atoms with Crippen LogP contribution in [0.3, 0.4) is 0 Å². The van der Waals surface area contributed by atoms with Gasteiger partial charge in [-0.05, 0) is 52.0 Å². The Balaban J connectivity index is 1.64. The first-order valence-corrected chi connectivity index (χ1v) is 11.8. The van der Waals surface area contributed by atoms with Gasteiger partial charge < -0.3 is 9.42 Å². The molecule has 9 heteroatoms. The molecule has 1 aliphatic heterocycles.